The van der Waals surface area contributed by atoms with Crippen LogP contribution in [0.1, 0.15) is 25.0 Å². The molecule has 5 N–H and O–H groups in total. The van der Waals surface area contributed by atoms with Crippen LogP contribution in [-0.2, 0) is 11.3 Å². The van der Waals surface area contributed by atoms with Gasteiger partial charge < -0.3 is 31.1 Å². The summed E-state index contributed by atoms with van der Waals surface area (Å²) in [6, 6.07) is 7.75. The molecule has 0 saturated carbocycles. The van der Waals surface area contributed by atoms with E-state index in [-0.39, 0.29) is 31.4 Å². The van der Waals surface area contributed by atoms with Crippen molar-refractivity contribution in [3.63, 3.8) is 0 Å². The number of carbonyl (C=O) groups is 1. The van der Waals surface area contributed by atoms with Crippen molar-refractivity contribution in [2.24, 2.45) is 10.7 Å². The summed E-state index contributed by atoms with van der Waals surface area (Å²) >= 11 is 0. The van der Waals surface area contributed by atoms with Crippen LogP contribution in [0.2, 0.25) is 0 Å². The lowest BCUT2D eigenvalue weighted by Gasteiger charge is -2.39. The second-order valence-electron chi connectivity index (χ2n) is 8.28. The Kier molecular flexibility index (Phi) is 8.94. The van der Waals surface area contributed by atoms with E-state index < -0.39 is 0 Å². The molecule has 0 unspecified atom stereocenters. The van der Waals surface area contributed by atoms with E-state index in [9.17, 15) is 4.79 Å². The minimum atomic E-state index is -0.0788. The highest BCUT2D eigenvalue weighted by Crippen LogP contribution is 2.22. The number of hydrogen-bond donors (Lipinski definition) is 4. The molecule has 182 valence electrons. The monoisotopic (exact) mass is 467 g/mol. The second kappa shape index (κ2) is 12.1. The van der Waals surface area contributed by atoms with Gasteiger partial charge in [0.05, 0.1) is 49.8 Å². The fourth-order valence-corrected chi connectivity index (χ4v) is 3.46. The highest BCUT2D eigenvalue weighted by atomic mass is 16.5. The van der Waals surface area contributed by atoms with Crippen LogP contribution in [0.15, 0.2) is 47.4 Å². The number of aryl methyl sites for hydroxylation is 1. The largest absolute Gasteiger partial charge is 0.403 e. The van der Waals surface area contributed by atoms with Crippen molar-refractivity contribution in [1.29, 1.82) is 0 Å². The number of rotatable bonds is 10. The van der Waals surface area contributed by atoms with Gasteiger partial charge in [-0.3, -0.25) is 4.99 Å². The summed E-state index contributed by atoms with van der Waals surface area (Å²) in [7, 11) is 0. The first-order valence-corrected chi connectivity index (χ1v) is 11.3. The van der Waals surface area contributed by atoms with Crippen LogP contribution in [0.25, 0.3) is 11.3 Å². The molecular weight excluding hydrogens is 434 g/mol. The lowest BCUT2D eigenvalue weighted by molar-refractivity contribution is -0.0641. The normalized spacial score (nSPS) is 14.5. The minimum absolute atomic E-state index is 0.0364. The topological polar surface area (TPSA) is 138 Å². The smallest absolute Gasteiger partial charge is 0.317 e. The number of nitrogens with one attached hydrogen (secondary N) is 2. The van der Waals surface area contributed by atoms with E-state index in [2.05, 4.69) is 25.6 Å². The number of likely N-dealkylation sites (tertiary alicyclic amines) is 1. The van der Waals surface area contributed by atoms with E-state index in [1.54, 1.807) is 11.1 Å². The molecule has 1 aromatic carbocycles. The van der Waals surface area contributed by atoms with Gasteiger partial charge in [-0.15, -0.1) is 0 Å². The highest BCUT2D eigenvalue weighted by Gasteiger charge is 2.31. The number of allylic oxidation sites excluding steroid dienone is 1. The van der Waals surface area contributed by atoms with Crippen molar-refractivity contribution in [3.05, 3.63) is 53.5 Å². The van der Waals surface area contributed by atoms with Gasteiger partial charge in [-0.25, -0.2) is 14.8 Å². The molecule has 0 aliphatic carbocycles. The van der Waals surface area contributed by atoms with Crippen LogP contribution in [0.3, 0.4) is 0 Å². The molecular formula is C24H33N7O3. The number of aliphatic imine (C=N–C) groups is 1. The van der Waals surface area contributed by atoms with Gasteiger partial charge in [-0.2, -0.15) is 0 Å². The van der Waals surface area contributed by atoms with Gasteiger partial charge in [0.1, 0.15) is 0 Å². The van der Waals surface area contributed by atoms with E-state index in [4.69, 9.17) is 15.6 Å². The quantitative estimate of drug-likeness (QED) is 0.392. The third kappa shape index (κ3) is 7.00. The molecule has 1 fully saturated rings. The maximum Gasteiger partial charge on any atom is 0.317 e. The Morgan fingerprint density at radius 1 is 1.38 bits per heavy atom. The molecule has 10 heteroatoms. The van der Waals surface area contributed by atoms with E-state index in [0.29, 0.717) is 31.3 Å². The molecule has 3 rings (SSSR count). The van der Waals surface area contributed by atoms with Gasteiger partial charge in [-0.1, -0.05) is 12.1 Å². The molecule has 0 bridgehead atoms. The zero-order chi connectivity index (χ0) is 24.5. The van der Waals surface area contributed by atoms with Crippen LogP contribution in [0.4, 0.5) is 10.7 Å². The Bertz CT molecular complexity index is 1030. The molecule has 1 aliphatic heterocycles. The molecule has 0 atom stereocenters. The Labute approximate surface area is 200 Å². The average molecular weight is 468 g/mol. The molecule has 34 heavy (non-hydrogen) atoms. The molecule has 1 saturated heterocycles. The number of nitrogens with two attached hydrogens (primary N) is 1. The highest BCUT2D eigenvalue weighted by molar-refractivity contribution is 5.82. The first-order chi connectivity index (χ1) is 16.4. The lowest BCUT2D eigenvalue weighted by atomic mass is 10.0. The number of ether oxygens (including phenoxy) is 1. The summed E-state index contributed by atoms with van der Waals surface area (Å²) in [4.78, 5) is 26.9. The Hall–Kier alpha value is -3.50. The van der Waals surface area contributed by atoms with E-state index in [0.717, 1.165) is 22.4 Å². The van der Waals surface area contributed by atoms with Gasteiger partial charge in [0.25, 0.3) is 0 Å². The van der Waals surface area contributed by atoms with Gasteiger partial charge in [0.15, 0.2) is 0 Å². The van der Waals surface area contributed by atoms with E-state index in [1.165, 1.54) is 12.4 Å². The van der Waals surface area contributed by atoms with Crippen LogP contribution in [0, 0.1) is 6.92 Å². The summed E-state index contributed by atoms with van der Waals surface area (Å²) in [5.74, 6) is 0.382. The molecule has 0 radical (unpaired) electrons. The Morgan fingerprint density at radius 3 is 2.85 bits per heavy atom. The Morgan fingerprint density at radius 2 is 2.18 bits per heavy atom. The number of aliphatic hydroxyl groups is 1. The van der Waals surface area contributed by atoms with Crippen molar-refractivity contribution in [1.82, 2.24) is 20.2 Å². The third-order valence-electron chi connectivity index (χ3n) is 5.22. The fraction of sp³-hybridized carbons (Fsp3) is 0.417. The molecule has 2 aromatic rings. The lowest BCUT2D eigenvalue weighted by Crippen LogP contribution is -2.58. The number of benzene rings is 1. The van der Waals surface area contributed by atoms with Gasteiger partial charge in [0, 0.05) is 30.7 Å². The van der Waals surface area contributed by atoms with Gasteiger partial charge in [-0.05, 0) is 44.0 Å². The average Bonchev–Trinajstić information content (AvgIpc) is 2.79. The van der Waals surface area contributed by atoms with E-state index in [1.807, 2.05) is 45.0 Å². The van der Waals surface area contributed by atoms with Crippen molar-refractivity contribution >= 4 is 18.2 Å². The predicted octanol–water partition coefficient (Wildman–Crippen LogP) is 2.05. The standard InChI is InChI=1S/C24H33N7O3/c1-16(2)34-21-14-31(15-21)24(33)28-12-19-5-4-18(10-17(19)3)22-6-7-27-23(30-22)29-20(11-25)13-26-8-9-32/h4-7,10-11,13,16,21,32H,8-9,12,14-15,25H2,1-3H3,(H,28,33)(H,27,29,30)/b20-11+,26-13?. The van der Waals surface area contributed by atoms with Crippen LogP contribution in [0.5, 0.6) is 0 Å². The summed E-state index contributed by atoms with van der Waals surface area (Å²) in [6.45, 7) is 7.96. The summed E-state index contributed by atoms with van der Waals surface area (Å²) in [6.07, 6.45) is 4.85. The maximum absolute atomic E-state index is 12.4. The summed E-state index contributed by atoms with van der Waals surface area (Å²) in [5.41, 5.74) is 9.91. The van der Waals surface area contributed by atoms with Gasteiger partial charge in [0.2, 0.25) is 5.95 Å². The van der Waals surface area contributed by atoms with E-state index >= 15 is 0 Å². The first-order valence-electron chi connectivity index (χ1n) is 11.3. The van der Waals surface area contributed by atoms with Crippen molar-refractivity contribution < 1.29 is 14.6 Å². The van der Waals surface area contributed by atoms with Crippen LogP contribution < -0.4 is 16.4 Å². The summed E-state index contributed by atoms with van der Waals surface area (Å²) < 4.78 is 5.70. The molecule has 10 nitrogen and oxygen atoms in total. The third-order valence-corrected chi connectivity index (χ3v) is 5.22. The number of aromatic nitrogens is 2. The second-order valence-corrected chi connectivity index (χ2v) is 8.28. The molecule has 1 aliphatic rings. The van der Waals surface area contributed by atoms with Gasteiger partial charge >= 0.3 is 6.03 Å². The molecule has 0 spiro atoms. The number of aliphatic hydroxyl groups excluding tert-OH is 1. The maximum atomic E-state index is 12.4. The zero-order valence-electron chi connectivity index (χ0n) is 19.9. The number of urea groups is 1. The number of anilines is 1. The van der Waals surface area contributed by atoms with Crippen molar-refractivity contribution in [2.75, 3.05) is 31.6 Å². The zero-order valence-corrected chi connectivity index (χ0v) is 19.9. The number of hydrogen-bond acceptors (Lipinski definition) is 8. The number of amides is 2. The molecule has 2 heterocycles. The van der Waals surface area contributed by atoms with Crippen LogP contribution in [-0.4, -0.2) is 70.7 Å². The molecule has 2 amide bonds. The van der Waals surface area contributed by atoms with Crippen molar-refractivity contribution in [2.45, 2.75) is 39.5 Å². The minimum Gasteiger partial charge on any atom is -0.403 e. The van der Waals surface area contributed by atoms with Crippen molar-refractivity contribution in [3.8, 4) is 11.3 Å². The van der Waals surface area contributed by atoms with Crippen LogP contribution >= 0.6 is 0 Å². The number of carbonyl (C=O) groups excluding carboxylic acids is 1. The summed E-state index contributed by atoms with van der Waals surface area (Å²) in [5, 5.41) is 14.8. The predicted molar refractivity (Wildman–Crippen MR) is 132 cm³/mol. The Balaban J connectivity index is 1.58. The fourth-order valence-electron chi connectivity index (χ4n) is 3.46. The SMILES string of the molecule is Cc1cc(-c2ccnc(N/C(C=NCCO)=C/N)n2)ccc1CNC(=O)N1CC(OC(C)C)C1. The number of nitrogens with zero attached hydrogens (tertiary/aromatic N) is 4. The molecule has 1 aromatic heterocycles. The first kappa shape index (κ1) is 25.1.